The largest absolute Gasteiger partial charge is 0.496 e. The Bertz CT molecular complexity index is 1030. The number of hydrogen-bond acceptors (Lipinski definition) is 4. The average molecular weight is 393 g/mol. The van der Waals surface area contributed by atoms with Crippen molar-refractivity contribution in [2.75, 3.05) is 20.3 Å². The lowest BCUT2D eigenvalue weighted by atomic mass is 9.98. The lowest BCUT2D eigenvalue weighted by Crippen LogP contribution is -2.21. The van der Waals surface area contributed by atoms with Crippen LogP contribution in [0.3, 0.4) is 0 Å². The molecule has 0 aliphatic rings. The van der Waals surface area contributed by atoms with Crippen LogP contribution in [0.1, 0.15) is 32.8 Å². The molecule has 0 aliphatic carbocycles. The molecule has 0 bridgehead atoms. The first-order valence-corrected chi connectivity index (χ1v) is 9.86. The zero-order chi connectivity index (χ0) is 20.8. The van der Waals surface area contributed by atoms with E-state index in [1.165, 1.54) is 0 Å². The molecule has 5 nitrogen and oxygen atoms in total. The van der Waals surface area contributed by atoms with E-state index in [4.69, 9.17) is 13.9 Å². The number of benzene rings is 2. The van der Waals surface area contributed by atoms with Crippen LogP contribution >= 0.6 is 0 Å². The number of nitrogens with one attached hydrogen (secondary N) is 1. The average Bonchev–Trinajstić information content (AvgIpc) is 3.14. The van der Waals surface area contributed by atoms with E-state index in [0.717, 1.165) is 45.4 Å². The summed E-state index contributed by atoms with van der Waals surface area (Å²) in [5.41, 5.74) is 4.30. The van der Waals surface area contributed by atoms with Crippen LogP contribution in [0.4, 0.5) is 0 Å². The molecule has 0 radical (unpaired) electrons. The third-order valence-electron chi connectivity index (χ3n) is 4.69. The summed E-state index contributed by atoms with van der Waals surface area (Å²) in [4.78, 5) is 12.2. The van der Waals surface area contributed by atoms with E-state index in [9.17, 15) is 4.79 Å². The molecule has 0 atom stereocenters. The van der Waals surface area contributed by atoms with Crippen molar-refractivity contribution in [3.8, 4) is 22.6 Å². The van der Waals surface area contributed by atoms with Gasteiger partial charge in [-0.15, -0.1) is 0 Å². The van der Waals surface area contributed by atoms with Gasteiger partial charge in [0.05, 0.1) is 20.0 Å². The van der Waals surface area contributed by atoms with Crippen LogP contribution in [0.25, 0.3) is 27.7 Å². The molecule has 3 aromatic rings. The van der Waals surface area contributed by atoms with Gasteiger partial charge in [-0.05, 0) is 38.0 Å². The van der Waals surface area contributed by atoms with E-state index in [0.29, 0.717) is 18.9 Å². The summed E-state index contributed by atoms with van der Waals surface area (Å²) in [6.07, 6.45) is 4.24. The van der Waals surface area contributed by atoms with Gasteiger partial charge in [-0.1, -0.05) is 25.1 Å². The zero-order valence-corrected chi connectivity index (χ0v) is 17.4. The van der Waals surface area contributed by atoms with Crippen LogP contribution in [0.5, 0.6) is 11.5 Å². The number of rotatable bonds is 8. The Morgan fingerprint density at radius 2 is 1.93 bits per heavy atom. The lowest BCUT2D eigenvalue weighted by Gasteiger charge is -2.12. The van der Waals surface area contributed by atoms with Gasteiger partial charge in [-0.2, -0.15) is 0 Å². The van der Waals surface area contributed by atoms with Crippen LogP contribution < -0.4 is 14.8 Å². The number of methoxy groups -OCH3 is 1. The fourth-order valence-electron chi connectivity index (χ4n) is 3.29. The third kappa shape index (κ3) is 4.45. The van der Waals surface area contributed by atoms with Gasteiger partial charge >= 0.3 is 0 Å². The van der Waals surface area contributed by atoms with Crippen molar-refractivity contribution in [1.82, 2.24) is 5.32 Å². The fourth-order valence-corrected chi connectivity index (χ4v) is 3.29. The molecular weight excluding hydrogens is 366 g/mol. The van der Waals surface area contributed by atoms with E-state index in [-0.39, 0.29) is 5.91 Å². The molecule has 1 heterocycles. The minimum absolute atomic E-state index is 0.107. The summed E-state index contributed by atoms with van der Waals surface area (Å²) < 4.78 is 17.2. The maximum absolute atomic E-state index is 12.2. The molecule has 3 rings (SSSR count). The van der Waals surface area contributed by atoms with Gasteiger partial charge in [-0.3, -0.25) is 4.79 Å². The summed E-state index contributed by atoms with van der Waals surface area (Å²) in [6.45, 7) is 7.05. The number of amides is 1. The van der Waals surface area contributed by atoms with Crippen LogP contribution in [0, 0.1) is 0 Å². The second-order valence-corrected chi connectivity index (χ2v) is 6.75. The topological polar surface area (TPSA) is 60.7 Å². The van der Waals surface area contributed by atoms with E-state index in [2.05, 4.69) is 5.32 Å². The summed E-state index contributed by atoms with van der Waals surface area (Å²) in [7, 11) is 1.65. The second-order valence-electron chi connectivity index (χ2n) is 6.75. The molecule has 1 aromatic heterocycles. The van der Waals surface area contributed by atoms with Crippen molar-refractivity contribution >= 4 is 22.4 Å². The molecule has 5 heteroatoms. The number of hydrogen-bond donors (Lipinski definition) is 1. The van der Waals surface area contributed by atoms with E-state index in [1.807, 2.05) is 57.2 Å². The predicted molar refractivity (Wildman–Crippen MR) is 116 cm³/mol. The molecule has 0 unspecified atom stereocenters. The van der Waals surface area contributed by atoms with E-state index < -0.39 is 0 Å². The highest BCUT2D eigenvalue weighted by Gasteiger charge is 2.17. The Kier molecular flexibility index (Phi) is 6.60. The normalized spacial score (nSPS) is 11.5. The predicted octanol–water partition coefficient (Wildman–Crippen LogP) is 5.44. The third-order valence-corrected chi connectivity index (χ3v) is 4.69. The maximum atomic E-state index is 12.2. The Morgan fingerprint density at radius 1 is 1.14 bits per heavy atom. The van der Waals surface area contributed by atoms with Crippen molar-refractivity contribution < 1.29 is 18.7 Å². The Hall–Kier alpha value is -3.21. The Balaban J connectivity index is 2.12. The highest BCUT2D eigenvalue weighted by atomic mass is 16.5. The van der Waals surface area contributed by atoms with Gasteiger partial charge in [0, 0.05) is 40.8 Å². The SMILES string of the molecule is CCCNC(=O)/C=C(\C)c1cc2c(-c3ccccc3OC)coc2cc1OCC. The standard InChI is InChI=1S/C24H27NO4/c1-5-11-25-24(26)12-16(3)18-13-19-20(17-9-7-8-10-21(17)27-4)15-29-23(19)14-22(18)28-6-2/h7-10,12-15H,5-6,11H2,1-4H3,(H,25,26)/b16-12+. The minimum Gasteiger partial charge on any atom is -0.496 e. The number of allylic oxidation sites excluding steroid dienone is 1. The van der Waals surface area contributed by atoms with Crippen molar-refractivity contribution in [2.24, 2.45) is 0 Å². The van der Waals surface area contributed by atoms with Crippen molar-refractivity contribution in [3.05, 3.63) is 54.3 Å². The summed E-state index contributed by atoms with van der Waals surface area (Å²) >= 11 is 0. The molecule has 0 fully saturated rings. The van der Waals surface area contributed by atoms with Crippen LogP contribution in [-0.4, -0.2) is 26.2 Å². The number of ether oxygens (including phenoxy) is 2. The minimum atomic E-state index is -0.107. The number of carbonyl (C=O) groups excluding carboxylic acids is 1. The van der Waals surface area contributed by atoms with Gasteiger partial charge in [0.25, 0.3) is 0 Å². The number of para-hydroxylation sites is 1. The summed E-state index contributed by atoms with van der Waals surface area (Å²) in [5, 5.41) is 3.82. The smallest absolute Gasteiger partial charge is 0.244 e. The molecule has 0 spiro atoms. The molecule has 0 aliphatic heterocycles. The maximum Gasteiger partial charge on any atom is 0.244 e. The number of carbonyl (C=O) groups is 1. The Labute approximate surface area is 171 Å². The molecule has 1 amide bonds. The van der Waals surface area contributed by atoms with Gasteiger partial charge in [0.1, 0.15) is 17.1 Å². The van der Waals surface area contributed by atoms with Gasteiger partial charge in [-0.25, -0.2) is 0 Å². The first-order valence-electron chi connectivity index (χ1n) is 9.86. The molecule has 29 heavy (non-hydrogen) atoms. The molecule has 152 valence electrons. The van der Waals surface area contributed by atoms with Gasteiger partial charge in [0.2, 0.25) is 5.91 Å². The van der Waals surface area contributed by atoms with Crippen molar-refractivity contribution in [1.29, 1.82) is 0 Å². The zero-order valence-electron chi connectivity index (χ0n) is 17.4. The molecule has 1 N–H and O–H groups in total. The summed E-state index contributed by atoms with van der Waals surface area (Å²) in [6, 6.07) is 11.7. The molecule has 2 aromatic carbocycles. The highest BCUT2D eigenvalue weighted by molar-refractivity contribution is 6.01. The first-order chi connectivity index (χ1) is 14.1. The number of furan rings is 1. The lowest BCUT2D eigenvalue weighted by molar-refractivity contribution is -0.116. The second kappa shape index (κ2) is 9.32. The van der Waals surface area contributed by atoms with Gasteiger partial charge < -0.3 is 19.2 Å². The van der Waals surface area contributed by atoms with Crippen molar-refractivity contribution in [2.45, 2.75) is 27.2 Å². The van der Waals surface area contributed by atoms with Gasteiger partial charge in [0.15, 0.2) is 0 Å². The quantitative estimate of drug-likeness (QED) is 0.518. The fraction of sp³-hybridized carbons (Fsp3) is 0.292. The first kappa shape index (κ1) is 20.5. The van der Waals surface area contributed by atoms with Crippen LogP contribution in [-0.2, 0) is 4.79 Å². The van der Waals surface area contributed by atoms with Crippen LogP contribution in [0.2, 0.25) is 0 Å². The highest BCUT2D eigenvalue weighted by Crippen LogP contribution is 2.40. The van der Waals surface area contributed by atoms with Crippen molar-refractivity contribution in [3.63, 3.8) is 0 Å². The Morgan fingerprint density at radius 3 is 2.66 bits per heavy atom. The van der Waals surface area contributed by atoms with Crippen LogP contribution in [0.15, 0.2) is 53.2 Å². The van der Waals surface area contributed by atoms with E-state index in [1.54, 1.807) is 19.4 Å². The monoisotopic (exact) mass is 393 g/mol. The molecule has 0 saturated carbocycles. The molecular formula is C24H27NO4. The number of fused-ring (bicyclic) bond motifs is 1. The molecule has 0 saturated heterocycles. The van der Waals surface area contributed by atoms with E-state index >= 15 is 0 Å². The summed E-state index contributed by atoms with van der Waals surface area (Å²) in [5.74, 6) is 1.36.